The summed E-state index contributed by atoms with van der Waals surface area (Å²) in [6.07, 6.45) is 2.47. The first-order chi connectivity index (χ1) is 11.6. The van der Waals surface area contributed by atoms with Crippen molar-refractivity contribution in [2.75, 3.05) is 0 Å². The number of imidazole rings is 1. The van der Waals surface area contributed by atoms with Gasteiger partial charge in [0, 0.05) is 23.8 Å². The van der Waals surface area contributed by atoms with Crippen LogP contribution < -0.4 is 10.8 Å². The summed E-state index contributed by atoms with van der Waals surface area (Å²) in [6, 6.07) is 11.6. The molecule has 0 bridgehead atoms. The van der Waals surface area contributed by atoms with Crippen molar-refractivity contribution in [3.8, 4) is 0 Å². The van der Waals surface area contributed by atoms with Gasteiger partial charge in [0.05, 0.1) is 5.69 Å². The van der Waals surface area contributed by atoms with E-state index in [0.29, 0.717) is 29.3 Å². The zero-order valence-electron chi connectivity index (χ0n) is 13.7. The van der Waals surface area contributed by atoms with E-state index in [1.165, 1.54) is 0 Å². The Hall–Kier alpha value is -2.27. The second-order valence-corrected chi connectivity index (χ2v) is 5.98. The summed E-state index contributed by atoms with van der Waals surface area (Å²) in [5.41, 5.74) is 4.25. The van der Waals surface area contributed by atoms with Crippen LogP contribution in [-0.4, -0.2) is 22.6 Å². The fourth-order valence-electron chi connectivity index (χ4n) is 2.65. The van der Waals surface area contributed by atoms with E-state index in [4.69, 9.17) is 11.6 Å². The van der Waals surface area contributed by atoms with Gasteiger partial charge >= 0.3 is 0 Å². The lowest BCUT2D eigenvalue weighted by Crippen LogP contribution is -2.25. The Kier molecular flexibility index (Phi) is 4.90. The molecule has 0 unspecified atom stereocenters. The van der Waals surface area contributed by atoms with Crippen molar-refractivity contribution in [2.24, 2.45) is 0 Å². The highest BCUT2D eigenvalue weighted by molar-refractivity contribution is 6.51. The molecule has 24 heavy (non-hydrogen) atoms. The maximum atomic E-state index is 12.7. The number of aromatic nitrogens is 2. The summed E-state index contributed by atoms with van der Waals surface area (Å²) in [6.45, 7) is 4.47. The molecule has 2 heterocycles. The molecule has 0 aliphatic rings. The summed E-state index contributed by atoms with van der Waals surface area (Å²) in [5, 5.41) is 3.58. The quantitative estimate of drug-likeness (QED) is 0.727. The zero-order valence-corrected chi connectivity index (χ0v) is 14.5. The number of nitrogens with one attached hydrogen (secondary N) is 1. The van der Waals surface area contributed by atoms with Crippen molar-refractivity contribution in [3.63, 3.8) is 0 Å². The Labute approximate surface area is 147 Å². The van der Waals surface area contributed by atoms with E-state index < -0.39 is 0 Å². The van der Waals surface area contributed by atoms with E-state index in [-0.39, 0.29) is 5.91 Å². The van der Waals surface area contributed by atoms with E-state index in [1.807, 2.05) is 45.3 Å². The molecule has 121 valence electrons. The number of hydrogen-bond donors (Lipinski definition) is 1. The van der Waals surface area contributed by atoms with Gasteiger partial charge in [0.1, 0.15) is 18.6 Å². The van der Waals surface area contributed by atoms with Gasteiger partial charge in [0.2, 0.25) is 0 Å². The molecule has 0 atom stereocenters. The van der Waals surface area contributed by atoms with Crippen molar-refractivity contribution in [1.82, 2.24) is 14.7 Å². The van der Waals surface area contributed by atoms with Gasteiger partial charge < -0.3 is 5.32 Å². The lowest BCUT2D eigenvalue weighted by atomic mass is 9.73. The molecule has 6 heteroatoms. The fourth-order valence-corrected chi connectivity index (χ4v) is 2.80. The molecule has 1 amide bonds. The summed E-state index contributed by atoms with van der Waals surface area (Å²) < 4.78 is 1.79. The van der Waals surface area contributed by atoms with E-state index in [2.05, 4.69) is 10.3 Å². The predicted molar refractivity (Wildman–Crippen MR) is 98.4 cm³/mol. The van der Waals surface area contributed by atoms with Gasteiger partial charge in [0.25, 0.3) is 5.91 Å². The highest BCUT2D eigenvalue weighted by atomic mass is 35.5. The normalized spacial score (nSPS) is 10.8. The third-order valence-corrected chi connectivity index (χ3v) is 4.21. The van der Waals surface area contributed by atoms with Crippen molar-refractivity contribution < 1.29 is 4.79 Å². The Morgan fingerprint density at radius 3 is 2.71 bits per heavy atom. The van der Waals surface area contributed by atoms with Gasteiger partial charge in [-0.3, -0.25) is 9.20 Å². The highest BCUT2D eigenvalue weighted by Gasteiger charge is 2.18. The van der Waals surface area contributed by atoms with E-state index in [1.54, 1.807) is 22.7 Å². The zero-order chi connectivity index (χ0) is 17.1. The van der Waals surface area contributed by atoms with Crippen LogP contribution in [0.2, 0.25) is 11.8 Å². The van der Waals surface area contributed by atoms with Crippen molar-refractivity contribution in [1.29, 1.82) is 0 Å². The van der Waals surface area contributed by atoms with Crippen LogP contribution >= 0.6 is 11.6 Å². The Balaban J connectivity index is 1.82. The van der Waals surface area contributed by atoms with Gasteiger partial charge in [-0.15, -0.1) is 0 Å². The smallest absolute Gasteiger partial charge is 0.270 e. The number of rotatable bonds is 5. The molecule has 3 aromatic rings. The number of pyridine rings is 1. The molecule has 0 fully saturated rings. The summed E-state index contributed by atoms with van der Waals surface area (Å²) >= 11 is 6.01. The first kappa shape index (κ1) is 16.6. The van der Waals surface area contributed by atoms with Crippen LogP contribution in [0.5, 0.6) is 0 Å². The second kappa shape index (κ2) is 7.10. The average Bonchev–Trinajstić information content (AvgIpc) is 2.97. The van der Waals surface area contributed by atoms with Crippen molar-refractivity contribution in [3.05, 3.63) is 64.6 Å². The standard InChI is InChI=1S/C18H18BClN3O/c1-3-15-17(23-9-8-14(20)10-16(23)22-15)18(24)21-11-12-4-6-13(19-2)7-5-12/h4-10H,3,11H2,1-2H3,(H,21,24). The number of fused-ring (bicyclic) bond motifs is 1. The molecule has 4 nitrogen and oxygen atoms in total. The summed E-state index contributed by atoms with van der Waals surface area (Å²) in [7, 11) is 2.04. The van der Waals surface area contributed by atoms with Gasteiger partial charge in [-0.1, -0.05) is 55.1 Å². The molecule has 1 radical (unpaired) electrons. The van der Waals surface area contributed by atoms with Crippen LogP contribution in [0.25, 0.3) is 5.65 Å². The first-order valence-corrected chi connectivity index (χ1v) is 8.33. The lowest BCUT2D eigenvalue weighted by Gasteiger charge is -2.07. The average molecular weight is 339 g/mol. The molecule has 0 aliphatic carbocycles. The fraction of sp³-hybridized carbons (Fsp3) is 0.222. The number of carbonyl (C=O) groups excluding carboxylic acids is 1. The summed E-state index contributed by atoms with van der Waals surface area (Å²) in [5.74, 6) is -0.132. The van der Waals surface area contributed by atoms with Crippen LogP contribution in [-0.2, 0) is 13.0 Å². The van der Waals surface area contributed by atoms with Crippen molar-refractivity contribution in [2.45, 2.75) is 26.7 Å². The van der Waals surface area contributed by atoms with Gasteiger partial charge in [-0.25, -0.2) is 4.98 Å². The Bertz CT molecular complexity index is 874. The monoisotopic (exact) mass is 338 g/mol. The molecule has 0 saturated carbocycles. The molecule has 3 rings (SSSR count). The topological polar surface area (TPSA) is 46.4 Å². The highest BCUT2D eigenvalue weighted by Crippen LogP contribution is 2.17. The number of benzene rings is 1. The third-order valence-electron chi connectivity index (χ3n) is 3.98. The molecule has 0 spiro atoms. The predicted octanol–water partition coefficient (Wildman–Crippen LogP) is 2.86. The first-order valence-electron chi connectivity index (χ1n) is 7.95. The third kappa shape index (κ3) is 3.31. The van der Waals surface area contributed by atoms with Gasteiger partial charge in [-0.05, 0) is 18.1 Å². The molecule has 1 aromatic carbocycles. The molecule has 1 N–H and O–H groups in total. The van der Waals surface area contributed by atoms with Crippen LogP contribution in [0.15, 0.2) is 42.6 Å². The van der Waals surface area contributed by atoms with Crippen LogP contribution in [0.1, 0.15) is 28.7 Å². The molecular formula is C18H18BClN3O. The molecule has 0 aliphatic heterocycles. The van der Waals surface area contributed by atoms with Gasteiger partial charge in [-0.2, -0.15) is 0 Å². The Morgan fingerprint density at radius 1 is 1.29 bits per heavy atom. The molecular weight excluding hydrogens is 320 g/mol. The number of hydrogen-bond acceptors (Lipinski definition) is 2. The van der Waals surface area contributed by atoms with Gasteiger partial charge in [0.15, 0.2) is 0 Å². The number of halogens is 1. The minimum atomic E-state index is -0.132. The summed E-state index contributed by atoms with van der Waals surface area (Å²) in [4.78, 5) is 17.2. The van der Waals surface area contributed by atoms with E-state index in [9.17, 15) is 4.79 Å². The van der Waals surface area contributed by atoms with E-state index in [0.717, 1.165) is 16.7 Å². The number of aryl methyl sites for hydroxylation is 1. The second-order valence-electron chi connectivity index (χ2n) is 5.55. The minimum Gasteiger partial charge on any atom is -0.347 e. The lowest BCUT2D eigenvalue weighted by molar-refractivity contribution is 0.0944. The van der Waals surface area contributed by atoms with E-state index >= 15 is 0 Å². The number of amides is 1. The molecule has 0 saturated heterocycles. The number of nitrogens with zero attached hydrogens (tertiary/aromatic N) is 2. The van der Waals surface area contributed by atoms with Crippen molar-refractivity contribution >= 4 is 35.9 Å². The number of carbonyl (C=O) groups is 1. The Morgan fingerprint density at radius 2 is 2.04 bits per heavy atom. The van der Waals surface area contributed by atoms with Crippen LogP contribution in [0.4, 0.5) is 0 Å². The minimum absolute atomic E-state index is 0.132. The maximum absolute atomic E-state index is 12.7. The SMILES string of the molecule is C[B]c1ccc(CNC(=O)c2c(CC)nc3cc(Cl)ccn23)cc1. The maximum Gasteiger partial charge on any atom is 0.270 e. The van der Waals surface area contributed by atoms with Crippen LogP contribution in [0, 0.1) is 0 Å². The largest absolute Gasteiger partial charge is 0.347 e. The molecule has 2 aromatic heterocycles. The van der Waals surface area contributed by atoms with Crippen LogP contribution in [0.3, 0.4) is 0 Å².